The van der Waals surface area contributed by atoms with Crippen molar-refractivity contribution in [3.63, 3.8) is 0 Å². The summed E-state index contributed by atoms with van der Waals surface area (Å²) in [5, 5.41) is 9.57. The smallest absolute Gasteiger partial charge is 0.136 e. The molecule has 0 aliphatic rings. The van der Waals surface area contributed by atoms with E-state index >= 15 is 0 Å². The summed E-state index contributed by atoms with van der Waals surface area (Å²) in [6, 6.07) is 58.7. The van der Waals surface area contributed by atoms with Crippen molar-refractivity contribution in [2.75, 3.05) is 4.90 Å². The molecule has 0 radical (unpaired) electrons. The first-order valence-electron chi connectivity index (χ1n) is 15.0. The van der Waals surface area contributed by atoms with Crippen molar-refractivity contribution in [1.82, 2.24) is 0 Å². The van der Waals surface area contributed by atoms with Crippen LogP contribution in [0.3, 0.4) is 0 Å². The molecule has 9 rings (SSSR count). The standard InChI is InChI=1S/C42H27NO/c1-2-9-28(10-3-1)32-13-8-14-34(23-32)43(35-21-19-29-11-4-5-12-31(29)24-35)36-22-20-30-17-18-33-25-42-40(27-39(33)38(30)26-36)37-15-6-7-16-41(37)44-42/h1-27H. The van der Waals surface area contributed by atoms with E-state index in [1.54, 1.807) is 0 Å². The molecule has 0 amide bonds. The maximum absolute atomic E-state index is 6.22. The molecule has 0 aliphatic heterocycles. The van der Waals surface area contributed by atoms with Crippen molar-refractivity contribution in [2.24, 2.45) is 0 Å². The highest BCUT2D eigenvalue weighted by Gasteiger charge is 2.16. The molecule has 0 spiro atoms. The lowest BCUT2D eigenvalue weighted by atomic mass is 9.98. The van der Waals surface area contributed by atoms with Crippen LogP contribution in [-0.2, 0) is 0 Å². The van der Waals surface area contributed by atoms with Crippen LogP contribution in [0.5, 0.6) is 0 Å². The zero-order chi connectivity index (χ0) is 29.0. The Bertz CT molecular complexity index is 2510. The van der Waals surface area contributed by atoms with Crippen LogP contribution < -0.4 is 4.90 Å². The molecular weight excluding hydrogens is 534 g/mol. The zero-order valence-electron chi connectivity index (χ0n) is 23.9. The third-order valence-corrected chi connectivity index (χ3v) is 8.78. The van der Waals surface area contributed by atoms with Gasteiger partial charge in [-0.15, -0.1) is 0 Å². The molecule has 2 heteroatoms. The lowest BCUT2D eigenvalue weighted by molar-refractivity contribution is 0.669. The third kappa shape index (κ3) is 4.04. The zero-order valence-corrected chi connectivity index (χ0v) is 23.9. The van der Waals surface area contributed by atoms with Crippen LogP contribution in [0.25, 0.3) is 65.4 Å². The maximum atomic E-state index is 6.22. The van der Waals surface area contributed by atoms with Gasteiger partial charge in [0.2, 0.25) is 0 Å². The highest BCUT2D eigenvalue weighted by Crippen LogP contribution is 2.41. The second-order valence-corrected chi connectivity index (χ2v) is 11.4. The lowest BCUT2D eigenvalue weighted by Gasteiger charge is -2.27. The van der Waals surface area contributed by atoms with E-state index in [0.717, 1.165) is 39.0 Å². The summed E-state index contributed by atoms with van der Waals surface area (Å²) >= 11 is 0. The van der Waals surface area contributed by atoms with Gasteiger partial charge in [0.05, 0.1) is 0 Å². The molecule has 9 aromatic rings. The highest BCUT2D eigenvalue weighted by molar-refractivity contribution is 6.17. The van der Waals surface area contributed by atoms with Crippen molar-refractivity contribution in [3.8, 4) is 11.1 Å². The molecule has 2 nitrogen and oxygen atoms in total. The van der Waals surface area contributed by atoms with Crippen LogP contribution in [0.15, 0.2) is 168 Å². The largest absolute Gasteiger partial charge is 0.456 e. The Kier molecular flexibility index (Phi) is 5.54. The molecule has 0 saturated heterocycles. The number of nitrogens with zero attached hydrogens (tertiary/aromatic N) is 1. The van der Waals surface area contributed by atoms with Crippen LogP contribution in [0.4, 0.5) is 17.1 Å². The Morgan fingerprint density at radius 3 is 1.89 bits per heavy atom. The highest BCUT2D eigenvalue weighted by atomic mass is 16.3. The Labute approximate surface area is 255 Å². The number of rotatable bonds is 4. The molecule has 0 unspecified atom stereocenters. The van der Waals surface area contributed by atoms with Gasteiger partial charge in [-0.25, -0.2) is 0 Å². The summed E-state index contributed by atoms with van der Waals surface area (Å²) in [6.07, 6.45) is 0. The number of para-hydroxylation sites is 1. The minimum absolute atomic E-state index is 0.920. The van der Waals surface area contributed by atoms with Crippen LogP contribution >= 0.6 is 0 Å². The summed E-state index contributed by atoms with van der Waals surface area (Å²) in [5.41, 5.74) is 7.58. The number of anilines is 3. The van der Waals surface area contributed by atoms with Crippen molar-refractivity contribution in [3.05, 3.63) is 164 Å². The van der Waals surface area contributed by atoms with Gasteiger partial charge in [-0.1, -0.05) is 109 Å². The normalized spacial score (nSPS) is 11.6. The van der Waals surface area contributed by atoms with Gasteiger partial charge in [0.25, 0.3) is 0 Å². The Morgan fingerprint density at radius 1 is 0.318 bits per heavy atom. The summed E-state index contributed by atoms with van der Waals surface area (Å²) in [6.45, 7) is 0. The average molecular weight is 562 g/mol. The first kappa shape index (κ1) is 24.7. The van der Waals surface area contributed by atoms with Gasteiger partial charge in [-0.2, -0.15) is 0 Å². The third-order valence-electron chi connectivity index (χ3n) is 8.78. The van der Waals surface area contributed by atoms with E-state index in [1.165, 1.54) is 43.4 Å². The minimum atomic E-state index is 0.920. The van der Waals surface area contributed by atoms with Crippen LogP contribution in [0, 0.1) is 0 Å². The fourth-order valence-electron chi connectivity index (χ4n) is 6.62. The van der Waals surface area contributed by atoms with Gasteiger partial charge in [0.15, 0.2) is 0 Å². The van der Waals surface area contributed by atoms with Gasteiger partial charge in [-0.05, 0) is 98.0 Å². The monoisotopic (exact) mass is 561 g/mol. The fraction of sp³-hybridized carbons (Fsp3) is 0. The van der Waals surface area contributed by atoms with Gasteiger partial charge in [-0.3, -0.25) is 0 Å². The Balaban J connectivity index is 1.29. The molecule has 1 heterocycles. The summed E-state index contributed by atoms with van der Waals surface area (Å²) < 4.78 is 6.22. The fourth-order valence-corrected chi connectivity index (χ4v) is 6.62. The maximum Gasteiger partial charge on any atom is 0.136 e. The van der Waals surface area contributed by atoms with E-state index in [1.807, 2.05) is 12.1 Å². The molecule has 1 aromatic heterocycles. The van der Waals surface area contributed by atoms with E-state index in [0.29, 0.717) is 0 Å². The predicted octanol–water partition coefficient (Wildman–Crippen LogP) is 12.2. The quantitative estimate of drug-likeness (QED) is 0.199. The minimum Gasteiger partial charge on any atom is -0.456 e. The van der Waals surface area contributed by atoms with Crippen LogP contribution in [0.1, 0.15) is 0 Å². The number of hydrogen-bond donors (Lipinski definition) is 0. The van der Waals surface area contributed by atoms with Gasteiger partial charge >= 0.3 is 0 Å². The first-order chi connectivity index (χ1) is 21.8. The second-order valence-electron chi connectivity index (χ2n) is 11.4. The second kappa shape index (κ2) is 9.86. The van der Waals surface area contributed by atoms with E-state index in [9.17, 15) is 0 Å². The molecule has 0 atom stereocenters. The number of furan rings is 1. The molecule has 0 saturated carbocycles. The molecule has 0 fully saturated rings. The number of benzene rings is 8. The topological polar surface area (TPSA) is 16.4 Å². The summed E-state index contributed by atoms with van der Waals surface area (Å²) in [4.78, 5) is 2.38. The Morgan fingerprint density at radius 2 is 0.977 bits per heavy atom. The molecule has 44 heavy (non-hydrogen) atoms. The molecule has 0 N–H and O–H groups in total. The number of fused-ring (bicyclic) bond motifs is 7. The van der Waals surface area contributed by atoms with Gasteiger partial charge in [0, 0.05) is 27.8 Å². The van der Waals surface area contributed by atoms with E-state index in [4.69, 9.17) is 4.42 Å². The van der Waals surface area contributed by atoms with E-state index in [-0.39, 0.29) is 0 Å². The van der Waals surface area contributed by atoms with Crippen molar-refractivity contribution in [1.29, 1.82) is 0 Å². The van der Waals surface area contributed by atoms with Gasteiger partial charge < -0.3 is 9.32 Å². The number of hydrogen-bond acceptors (Lipinski definition) is 2. The van der Waals surface area contributed by atoms with Crippen molar-refractivity contribution in [2.45, 2.75) is 0 Å². The molecule has 206 valence electrons. The predicted molar refractivity (Wildman–Crippen MR) is 186 cm³/mol. The molecular formula is C42H27NO. The first-order valence-corrected chi connectivity index (χ1v) is 15.0. The summed E-state index contributed by atoms with van der Waals surface area (Å²) in [7, 11) is 0. The van der Waals surface area contributed by atoms with Gasteiger partial charge in [0.1, 0.15) is 11.2 Å². The van der Waals surface area contributed by atoms with Crippen LogP contribution in [-0.4, -0.2) is 0 Å². The van der Waals surface area contributed by atoms with E-state index < -0.39 is 0 Å². The van der Waals surface area contributed by atoms with Crippen LogP contribution in [0.2, 0.25) is 0 Å². The SMILES string of the molecule is c1ccc(-c2cccc(N(c3ccc4ccccc4c3)c3ccc4ccc5cc6oc7ccccc7c6cc5c4c3)c2)cc1. The van der Waals surface area contributed by atoms with Crippen molar-refractivity contribution >= 4 is 71.3 Å². The lowest BCUT2D eigenvalue weighted by Crippen LogP contribution is -2.10. The Hall–Kier alpha value is -5.86. The molecule has 8 aromatic carbocycles. The van der Waals surface area contributed by atoms with E-state index in [2.05, 4.69) is 157 Å². The molecule has 0 bridgehead atoms. The van der Waals surface area contributed by atoms with Crippen molar-refractivity contribution < 1.29 is 4.42 Å². The average Bonchev–Trinajstić information content (AvgIpc) is 3.45. The summed E-state index contributed by atoms with van der Waals surface area (Å²) in [5.74, 6) is 0. The molecule has 0 aliphatic carbocycles.